The second-order valence-electron chi connectivity index (χ2n) is 2.52. The Morgan fingerprint density at radius 2 is 2.15 bits per heavy atom. The van der Waals surface area contributed by atoms with Crippen LogP contribution in [0.2, 0.25) is 0 Å². The van der Waals surface area contributed by atoms with Crippen LogP contribution in [-0.4, -0.2) is 11.5 Å². The van der Waals surface area contributed by atoms with E-state index >= 15 is 0 Å². The van der Waals surface area contributed by atoms with Gasteiger partial charge in [0.1, 0.15) is 6.26 Å². The molecule has 0 saturated heterocycles. The van der Waals surface area contributed by atoms with Gasteiger partial charge in [0.2, 0.25) is 0 Å². The van der Waals surface area contributed by atoms with Crippen LogP contribution in [0, 0.1) is 0 Å². The minimum absolute atomic E-state index is 0.0813. The van der Waals surface area contributed by atoms with E-state index in [4.69, 9.17) is 5.73 Å². The highest BCUT2D eigenvalue weighted by molar-refractivity contribution is 5.00. The first-order valence-corrected chi connectivity index (χ1v) is 3.75. The second-order valence-corrected chi connectivity index (χ2v) is 2.52. The first-order valence-electron chi connectivity index (χ1n) is 3.75. The first kappa shape index (κ1) is 10.0. The molecule has 0 bridgehead atoms. The lowest BCUT2D eigenvalue weighted by Gasteiger charge is -1.98. The Hall–Kier alpha value is -1.04. The average molecular weight is 194 g/mol. The monoisotopic (exact) mass is 194 g/mol. The van der Waals surface area contributed by atoms with Crippen molar-refractivity contribution in [2.75, 3.05) is 6.54 Å². The van der Waals surface area contributed by atoms with Crippen molar-refractivity contribution in [2.45, 2.75) is 19.0 Å². The fourth-order valence-corrected chi connectivity index (χ4v) is 0.809. The van der Waals surface area contributed by atoms with E-state index in [-0.39, 0.29) is 5.89 Å². The summed E-state index contributed by atoms with van der Waals surface area (Å²) < 4.78 is 40.5. The maximum Gasteiger partial charge on any atom is 0.436 e. The molecule has 1 aromatic rings. The Labute approximate surface area is 72.7 Å². The molecule has 1 aromatic heterocycles. The zero-order valence-corrected chi connectivity index (χ0v) is 6.77. The molecule has 0 aromatic carbocycles. The van der Waals surface area contributed by atoms with Gasteiger partial charge in [-0.15, -0.1) is 0 Å². The number of aryl methyl sites for hydroxylation is 1. The topological polar surface area (TPSA) is 52.0 Å². The summed E-state index contributed by atoms with van der Waals surface area (Å²) in [6.07, 6.45) is -2.90. The van der Waals surface area contributed by atoms with Crippen molar-refractivity contribution >= 4 is 0 Å². The van der Waals surface area contributed by atoms with Gasteiger partial charge in [0.15, 0.2) is 11.6 Å². The highest BCUT2D eigenvalue weighted by atomic mass is 19.4. The molecule has 74 valence electrons. The van der Waals surface area contributed by atoms with Gasteiger partial charge in [-0.25, -0.2) is 4.98 Å². The van der Waals surface area contributed by atoms with Crippen molar-refractivity contribution < 1.29 is 17.6 Å². The molecule has 13 heavy (non-hydrogen) atoms. The molecule has 0 unspecified atom stereocenters. The maximum atomic E-state index is 12.0. The van der Waals surface area contributed by atoms with E-state index in [2.05, 4.69) is 9.40 Å². The van der Waals surface area contributed by atoms with Crippen LogP contribution in [0.5, 0.6) is 0 Å². The highest BCUT2D eigenvalue weighted by Gasteiger charge is 2.34. The third-order valence-corrected chi connectivity index (χ3v) is 1.44. The van der Waals surface area contributed by atoms with Crippen molar-refractivity contribution in [1.29, 1.82) is 0 Å². The van der Waals surface area contributed by atoms with Gasteiger partial charge in [-0.2, -0.15) is 13.2 Å². The molecule has 0 radical (unpaired) electrons. The zero-order chi connectivity index (χ0) is 9.90. The Balaban J connectivity index is 2.64. The molecule has 1 rings (SSSR count). The zero-order valence-electron chi connectivity index (χ0n) is 6.77. The number of nitrogens with two attached hydrogens (primary N) is 1. The minimum atomic E-state index is -4.43. The molecule has 0 aliphatic carbocycles. The third kappa shape index (κ3) is 2.73. The van der Waals surface area contributed by atoms with E-state index in [9.17, 15) is 13.2 Å². The van der Waals surface area contributed by atoms with Crippen LogP contribution < -0.4 is 5.73 Å². The van der Waals surface area contributed by atoms with E-state index in [1.54, 1.807) is 0 Å². The number of oxazole rings is 1. The van der Waals surface area contributed by atoms with Gasteiger partial charge in [0, 0.05) is 6.42 Å². The standard InChI is InChI=1S/C7H9F3N2O/c8-7(9,10)5-4-13-6(12-5)2-1-3-11/h4H,1-3,11H2. The number of alkyl halides is 3. The van der Waals surface area contributed by atoms with Crippen molar-refractivity contribution in [2.24, 2.45) is 5.73 Å². The summed E-state index contributed by atoms with van der Waals surface area (Å²) in [4.78, 5) is 3.27. The lowest BCUT2D eigenvalue weighted by atomic mass is 10.3. The molecule has 0 saturated carbocycles. The fourth-order valence-electron chi connectivity index (χ4n) is 0.809. The summed E-state index contributed by atoms with van der Waals surface area (Å²) in [6, 6.07) is 0. The van der Waals surface area contributed by atoms with Gasteiger partial charge < -0.3 is 10.2 Å². The molecule has 0 aliphatic heterocycles. The molecule has 3 nitrogen and oxygen atoms in total. The van der Waals surface area contributed by atoms with Crippen molar-refractivity contribution in [3.8, 4) is 0 Å². The second kappa shape index (κ2) is 3.78. The molecule has 0 fully saturated rings. The maximum absolute atomic E-state index is 12.0. The molecular formula is C7H9F3N2O. The Morgan fingerprint density at radius 1 is 1.46 bits per heavy atom. The molecule has 0 spiro atoms. The lowest BCUT2D eigenvalue weighted by molar-refractivity contribution is -0.141. The SMILES string of the molecule is NCCCc1nc(C(F)(F)F)co1. The van der Waals surface area contributed by atoms with Crippen molar-refractivity contribution in [3.63, 3.8) is 0 Å². The molecule has 6 heteroatoms. The van der Waals surface area contributed by atoms with Crippen molar-refractivity contribution in [1.82, 2.24) is 4.98 Å². The summed E-state index contributed by atoms with van der Waals surface area (Å²) in [5.41, 5.74) is 4.19. The molecule has 1 heterocycles. The van der Waals surface area contributed by atoms with E-state index < -0.39 is 11.9 Å². The molecular weight excluding hydrogens is 185 g/mol. The van der Waals surface area contributed by atoms with Crippen LogP contribution in [-0.2, 0) is 12.6 Å². The number of hydrogen-bond donors (Lipinski definition) is 1. The van der Waals surface area contributed by atoms with Crippen LogP contribution in [0.25, 0.3) is 0 Å². The third-order valence-electron chi connectivity index (χ3n) is 1.44. The Bertz CT molecular complexity index is 269. The molecule has 0 aliphatic rings. The van der Waals surface area contributed by atoms with E-state index in [0.717, 1.165) is 0 Å². The van der Waals surface area contributed by atoms with Crippen LogP contribution >= 0.6 is 0 Å². The quantitative estimate of drug-likeness (QED) is 0.794. The Kier molecular flexibility index (Phi) is 2.92. The highest BCUT2D eigenvalue weighted by Crippen LogP contribution is 2.28. The lowest BCUT2D eigenvalue weighted by Crippen LogP contribution is -2.06. The number of halogens is 3. The van der Waals surface area contributed by atoms with E-state index in [1.165, 1.54) is 0 Å². The predicted octanol–water partition coefficient (Wildman–Crippen LogP) is 1.58. The van der Waals surface area contributed by atoms with Gasteiger partial charge in [0.25, 0.3) is 0 Å². The molecule has 0 atom stereocenters. The van der Waals surface area contributed by atoms with Crippen LogP contribution in [0.4, 0.5) is 13.2 Å². The summed E-state index contributed by atoms with van der Waals surface area (Å²) in [5.74, 6) is 0.0813. The smallest absolute Gasteiger partial charge is 0.436 e. The van der Waals surface area contributed by atoms with Crippen LogP contribution in [0.1, 0.15) is 18.0 Å². The van der Waals surface area contributed by atoms with Gasteiger partial charge >= 0.3 is 6.18 Å². The summed E-state index contributed by atoms with van der Waals surface area (Å²) in [7, 11) is 0. The summed E-state index contributed by atoms with van der Waals surface area (Å²) >= 11 is 0. The van der Waals surface area contributed by atoms with Crippen LogP contribution in [0.15, 0.2) is 10.7 Å². The number of nitrogens with zero attached hydrogens (tertiary/aromatic N) is 1. The number of rotatable bonds is 3. The van der Waals surface area contributed by atoms with Gasteiger partial charge in [-0.3, -0.25) is 0 Å². The van der Waals surface area contributed by atoms with Gasteiger partial charge in [-0.05, 0) is 13.0 Å². The fraction of sp³-hybridized carbons (Fsp3) is 0.571. The van der Waals surface area contributed by atoms with E-state index in [1.807, 2.05) is 0 Å². The predicted molar refractivity (Wildman–Crippen MR) is 38.9 cm³/mol. The van der Waals surface area contributed by atoms with Gasteiger partial charge in [-0.1, -0.05) is 0 Å². The Morgan fingerprint density at radius 3 is 2.62 bits per heavy atom. The van der Waals surface area contributed by atoms with E-state index in [0.29, 0.717) is 25.6 Å². The summed E-state index contributed by atoms with van der Waals surface area (Å²) in [5, 5.41) is 0. The average Bonchev–Trinajstić information content (AvgIpc) is 2.47. The van der Waals surface area contributed by atoms with Crippen LogP contribution in [0.3, 0.4) is 0 Å². The normalized spacial score (nSPS) is 12.0. The summed E-state index contributed by atoms with van der Waals surface area (Å²) in [6.45, 7) is 0.406. The van der Waals surface area contributed by atoms with Crippen molar-refractivity contribution in [3.05, 3.63) is 17.8 Å². The first-order chi connectivity index (χ1) is 6.04. The largest absolute Gasteiger partial charge is 0.448 e. The van der Waals surface area contributed by atoms with Gasteiger partial charge in [0.05, 0.1) is 0 Å². The molecule has 0 amide bonds. The number of hydrogen-bond acceptors (Lipinski definition) is 3. The minimum Gasteiger partial charge on any atom is -0.448 e. The molecule has 2 N–H and O–H groups in total. The number of aromatic nitrogens is 1.